The van der Waals surface area contributed by atoms with Gasteiger partial charge in [0.15, 0.2) is 0 Å². The lowest BCUT2D eigenvalue weighted by molar-refractivity contribution is -0.134. The average molecular weight is 160 g/mol. The number of unbranched alkanes of at least 4 members (excludes halogenated alkanes) is 1. The van der Waals surface area contributed by atoms with Gasteiger partial charge in [0.1, 0.15) is 0 Å². The van der Waals surface area contributed by atoms with Gasteiger partial charge in [0.25, 0.3) is 5.97 Å². The Morgan fingerprint density at radius 2 is 1.91 bits per heavy atom. The van der Waals surface area contributed by atoms with Crippen molar-refractivity contribution in [1.82, 2.24) is 0 Å². The Kier molecular flexibility index (Phi) is 13.9. The second kappa shape index (κ2) is 11.9. The van der Waals surface area contributed by atoms with Crippen molar-refractivity contribution in [3.8, 4) is 0 Å². The average Bonchev–Trinajstić information content (AvgIpc) is 1.88. The third kappa shape index (κ3) is 46.9. The summed E-state index contributed by atoms with van der Waals surface area (Å²) < 4.78 is 0. The van der Waals surface area contributed by atoms with Gasteiger partial charge < -0.3 is 10.2 Å². The molecule has 0 fully saturated rings. The Balaban J connectivity index is 0. The maximum Gasteiger partial charge on any atom is 0.300 e. The van der Waals surface area contributed by atoms with Crippen molar-refractivity contribution in [3.05, 3.63) is 12.2 Å². The monoisotopic (exact) mass is 160 g/mol. The number of aliphatic hydroxyl groups excluding tert-OH is 1. The number of hydrogen-bond acceptors (Lipinski definition) is 2. The smallest absolute Gasteiger partial charge is 0.300 e. The van der Waals surface area contributed by atoms with Gasteiger partial charge in [0.05, 0.1) is 6.61 Å². The first-order valence-corrected chi connectivity index (χ1v) is 3.60. The molecular formula is C8H16O3. The van der Waals surface area contributed by atoms with E-state index < -0.39 is 5.97 Å². The molecule has 0 spiro atoms. The van der Waals surface area contributed by atoms with Crippen molar-refractivity contribution in [3.63, 3.8) is 0 Å². The summed E-state index contributed by atoms with van der Waals surface area (Å²) in [5.41, 5.74) is 0. The number of aliphatic carboxylic acids is 1. The van der Waals surface area contributed by atoms with Crippen LogP contribution in [0.5, 0.6) is 0 Å². The SMILES string of the molecule is CC(=O)O.CCC/C=C\CO. The lowest BCUT2D eigenvalue weighted by Crippen LogP contribution is -1.78. The van der Waals surface area contributed by atoms with Crippen molar-refractivity contribution in [2.45, 2.75) is 26.7 Å². The summed E-state index contributed by atoms with van der Waals surface area (Å²) in [6, 6.07) is 0. The molecule has 0 amide bonds. The quantitative estimate of drug-likeness (QED) is 0.614. The van der Waals surface area contributed by atoms with E-state index in [2.05, 4.69) is 6.92 Å². The molecule has 0 rings (SSSR count). The summed E-state index contributed by atoms with van der Waals surface area (Å²) in [6.45, 7) is 3.38. The molecule has 0 aliphatic carbocycles. The zero-order chi connectivity index (χ0) is 9.11. The molecule has 2 N–H and O–H groups in total. The zero-order valence-corrected chi connectivity index (χ0v) is 7.08. The number of carbonyl (C=O) groups is 1. The highest BCUT2D eigenvalue weighted by atomic mass is 16.4. The highest BCUT2D eigenvalue weighted by Crippen LogP contribution is 1.85. The van der Waals surface area contributed by atoms with Crippen molar-refractivity contribution in [2.75, 3.05) is 6.61 Å². The molecule has 0 unspecified atom stereocenters. The molecule has 11 heavy (non-hydrogen) atoms. The van der Waals surface area contributed by atoms with Crippen LogP contribution in [0.15, 0.2) is 12.2 Å². The summed E-state index contributed by atoms with van der Waals surface area (Å²) >= 11 is 0. The minimum absolute atomic E-state index is 0.181. The number of hydrogen-bond donors (Lipinski definition) is 2. The molecule has 0 heterocycles. The van der Waals surface area contributed by atoms with Gasteiger partial charge in [0, 0.05) is 6.92 Å². The first kappa shape index (κ1) is 12.8. The predicted molar refractivity (Wildman–Crippen MR) is 44.4 cm³/mol. The summed E-state index contributed by atoms with van der Waals surface area (Å²) in [6.07, 6.45) is 6.00. The lowest BCUT2D eigenvalue weighted by atomic mass is 10.3. The van der Waals surface area contributed by atoms with Gasteiger partial charge in [-0.05, 0) is 6.42 Å². The van der Waals surface area contributed by atoms with E-state index in [1.807, 2.05) is 6.08 Å². The fourth-order valence-corrected chi connectivity index (χ4v) is 0.359. The van der Waals surface area contributed by atoms with Crippen LogP contribution >= 0.6 is 0 Å². The van der Waals surface area contributed by atoms with Crippen LogP contribution in [0.4, 0.5) is 0 Å². The maximum atomic E-state index is 9.00. The van der Waals surface area contributed by atoms with Gasteiger partial charge in [-0.2, -0.15) is 0 Å². The number of carboxylic acid groups (broad SMARTS) is 1. The zero-order valence-electron chi connectivity index (χ0n) is 7.08. The van der Waals surface area contributed by atoms with Gasteiger partial charge in [-0.3, -0.25) is 4.79 Å². The minimum atomic E-state index is -0.833. The lowest BCUT2D eigenvalue weighted by Gasteiger charge is -1.79. The molecule has 0 aliphatic rings. The van der Waals surface area contributed by atoms with E-state index in [-0.39, 0.29) is 6.61 Å². The highest BCUT2D eigenvalue weighted by molar-refractivity contribution is 5.62. The van der Waals surface area contributed by atoms with E-state index in [9.17, 15) is 0 Å². The molecule has 3 heteroatoms. The topological polar surface area (TPSA) is 57.5 Å². The number of carboxylic acids is 1. The van der Waals surface area contributed by atoms with E-state index in [0.29, 0.717) is 0 Å². The fraction of sp³-hybridized carbons (Fsp3) is 0.625. The van der Waals surface area contributed by atoms with Crippen LogP contribution < -0.4 is 0 Å². The summed E-state index contributed by atoms with van der Waals surface area (Å²) in [5.74, 6) is -0.833. The molecular weight excluding hydrogens is 144 g/mol. The van der Waals surface area contributed by atoms with Crippen molar-refractivity contribution in [2.24, 2.45) is 0 Å². The minimum Gasteiger partial charge on any atom is -0.481 e. The van der Waals surface area contributed by atoms with Crippen LogP contribution in [0.3, 0.4) is 0 Å². The Morgan fingerprint density at radius 3 is 2.18 bits per heavy atom. The van der Waals surface area contributed by atoms with Gasteiger partial charge in [-0.15, -0.1) is 0 Å². The van der Waals surface area contributed by atoms with Gasteiger partial charge in [-0.25, -0.2) is 0 Å². The third-order valence-electron chi connectivity index (χ3n) is 0.727. The number of aliphatic hydroxyl groups is 1. The molecule has 0 aromatic carbocycles. The van der Waals surface area contributed by atoms with Gasteiger partial charge in [-0.1, -0.05) is 25.5 Å². The van der Waals surface area contributed by atoms with E-state index in [0.717, 1.165) is 19.8 Å². The normalized spacial score (nSPS) is 9.00. The summed E-state index contributed by atoms with van der Waals surface area (Å²) in [5, 5.41) is 15.6. The van der Waals surface area contributed by atoms with Crippen LogP contribution in [0, 0.1) is 0 Å². The molecule has 0 bridgehead atoms. The van der Waals surface area contributed by atoms with Crippen LogP contribution in [0.25, 0.3) is 0 Å². The van der Waals surface area contributed by atoms with Crippen molar-refractivity contribution >= 4 is 5.97 Å². The van der Waals surface area contributed by atoms with E-state index >= 15 is 0 Å². The Labute approximate surface area is 67.4 Å². The standard InChI is InChI=1S/C6H12O.C2H4O2/c1-2-3-4-5-6-7;1-2(3)4/h4-5,7H,2-3,6H2,1H3;1H3,(H,3,4)/b5-4-;. The fourth-order valence-electron chi connectivity index (χ4n) is 0.359. The molecule has 0 aliphatic heterocycles. The summed E-state index contributed by atoms with van der Waals surface area (Å²) in [7, 11) is 0. The van der Waals surface area contributed by atoms with Gasteiger partial charge >= 0.3 is 0 Å². The largest absolute Gasteiger partial charge is 0.481 e. The molecule has 0 radical (unpaired) electrons. The second-order valence-corrected chi connectivity index (χ2v) is 1.96. The van der Waals surface area contributed by atoms with Crippen molar-refractivity contribution < 1.29 is 15.0 Å². The first-order valence-electron chi connectivity index (χ1n) is 3.60. The Morgan fingerprint density at radius 1 is 1.45 bits per heavy atom. The van der Waals surface area contributed by atoms with Crippen LogP contribution in [-0.4, -0.2) is 22.8 Å². The first-order chi connectivity index (χ1) is 5.15. The van der Waals surface area contributed by atoms with E-state index in [4.69, 9.17) is 15.0 Å². The number of rotatable bonds is 3. The van der Waals surface area contributed by atoms with Crippen LogP contribution in [0.2, 0.25) is 0 Å². The molecule has 0 aromatic heterocycles. The van der Waals surface area contributed by atoms with Crippen LogP contribution in [0.1, 0.15) is 26.7 Å². The predicted octanol–water partition coefficient (Wildman–Crippen LogP) is 1.43. The highest BCUT2D eigenvalue weighted by Gasteiger charge is 1.68. The van der Waals surface area contributed by atoms with Crippen LogP contribution in [-0.2, 0) is 4.79 Å². The Hall–Kier alpha value is -0.830. The molecule has 0 aromatic rings. The third-order valence-corrected chi connectivity index (χ3v) is 0.727. The molecule has 3 nitrogen and oxygen atoms in total. The van der Waals surface area contributed by atoms with Crippen molar-refractivity contribution in [1.29, 1.82) is 0 Å². The van der Waals surface area contributed by atoms with Gasteiger partial charge in [0.2, 0.25) is 0 Å². The molecule has 0 saturated carbocycles. The van der Waals surface area contributed by atoms with E-state index in [1.165, 1.54) is 0 Å². The second-order valence-electron chi connectivity index (χ2n) is 1.96. The maximum absolute atomic E-state index is 9.00. The molecule has 0 saturated heterocycles. The summed E-state index contributed by atoms with van der Waals surface area (Å²) in [4.78, 5) is 9.00. The molecule has 0 atom stereocenters. The van der Waals surface area contributed by atoms with E-state index in [1.54, 1.807) is 6.08 Å². The number of allylic oxidation sites excluding steroid dienone is 1. The Bertz CT molecular complexity index is 104. The molecule has 66 valence electrons.